The number of ether oxygens (including phenoxy) is 2. The van der Waals surface area contributed by atoms with Gasteiger partial charge in [0.2, 0.25) is 0 Å². The molecule has 140 valence electrons. The Morgan fingerprint density at radius 3 is 2.33 bits per heavy atom. The largest absolute Gasteiger partial charge is 0.493 e. The van der Waals surface area contributed by atoms with Gasteiger partial charge in [0.05, 0.1) is 19.8 Å². The molecule has 0 aromatic heterocycles. The Hall–Kier alpha value is -3.28. The van der Waals surface area contributed by atoms with Crippen molar-refractivity contribution in [1.82, 2.24) is 10.2 Å². The maximum Gasteiger partial charge on any atom is 0.260 e. The first kappa shape index (κ1) is 18.5. The van der Waals surface area contributed by atoms with E-state index in [0.717, 1.165) is 17.7 Å². The normalized spacial score (nSPS) is 12.7. The zero-order chi connectivity index (χ0) is 19.4. The lowest BCUT2D eigenvalue weighted by Gasteiger charge is -2.28. The molecule has 0 radical (unpaired) electrons. The van der Waals surface area contributed by atoms with Gasteiger partial charge in [-0.05, 0) is 42.3 Å². The number of imide groups is 1. The van der Waals surface area contributed by atoms with Crippen molar-refractivity contribution in [3.05, 3.63) is 65.4 Å². The van der Waals surface area contributed by atoms with E-state index in [2.05, 4.69) is 5.32 Å². The lowest BCUT2D eigenvalue weighted by Crippen LogP contribution is -2.34. The van der Waals surface area contributed by atoms with Crippen LogP contribution in [0.25, 0.3) is 5.57 Å². The van der Waals surface area contributed by atoms with Crippen LogP contribution in [0.1, 0.15) is 28.4 Å². The first-order chi connectivity index (χ1) is 13.1. The number of benzene rings is 2. The number of amides is 2. The lowest BCUT2D eigenvalue weighted by molar-refractivity contribution is -0.114. The Kier molecular flexibility index (Phi) is 5.45. The fraction of sp³-hybridized carbons (Fsp3) is 0.238. The SMILES string of the molecule is CCN1C=C(C(=O)NC(=O)c2ccccc2)c2cc(OC)c(OC)cc2C1. The summed E-state index contributed by atoms with van der Waals surface area (Å²) < 4.78 is 10.7. The van der Waals surface area contributed by atoms with Gasteiger partial charge >= 0.3 is 0 Å². The topological polar surface area (TPSA) is 67.9 Å². The molecule has 27 heavy (non-hydrogen) atoms. The lowest BCUT2D eigenvalue weighted by atomic mass is 9.95. The zero-order valence-electron chi connectivity index (χ0n) is 15.6. The highest BCUT2D eigenvalue weighted by molar-refractivity contribution is 6.25. The molecular weight excluding hydrogens is 344 g/mol. The molecule has 6 nitrogen and oxygen atoms in total. The molecular formula is C21H22N2O4. The Bertz CT molecular complexity index is 891. The molecule has 1 heterocycles. The van der Waals surface area contributed by atoms with Crippen LogP contribution in [0.3, 0.4) is 0 Å². The maximum absolute atomic E-state index is 12.9. The molecule has 0 bridgehead atoms. The van der Waals surface area contributed by atoms with E-state index in [0.29, 0.717) is 29.2 Å². The van der Waals surface area contributed by atoms with Gasteiger partial charge in [0, 0.05) is 24.9 Å². The van der Waals surface area contributed by atoms with Gasteiger partial charge < -0.3 is 14.4 Å². The number of fused-ring (bicyclic) bond motifs is 1. The minimum atomic E-state index is -0.449. The molecule has 0 fully saturated rings. The molecule has 0 spiro atoms. The predicted octanol–water partition coefficient (Wildman–Crippen LogP) is 2.84. The summed E-state index contributed by atoms with van der Waals surface area (Å²) in [6.45, 7) is 3.39. The zero-order valence-corrected chi connectivity index (χ0v) is 15.6. The number of carbonyl (C=O) groups is 2. The number of nitrogens with zero attached hydrogens (tertiary/aromatic N) is 1. The van der Waals surface area contributed by atoms with Gasteiger partial charge in [-0.3, -0.25) is 14.9 Å². The van der Waals surface area contributed by atoms with Gasteiger partial charge in [-0.15, -0.1) is 0 Å². The van der Waals surface area contributed by atoms with E-state index in [1.54, 1.807) is 50.8 Å². The summed E-state index contributed by atoms with van der Waals surface area (Å²) in [5, 5.41) is 2.47. The van der Waals surface area contributed by atoms with E-state index < -0.39 is 11.8 Å². The van der Waals surface area contributed by atoms with E-state index >= 15 is 0 Å². The van der Waals surface area contributed by atoms with Crippen LogP contribution in [0, 0.1) is 0 Å². The first-order valence-corrected chi connectivity index (χ1v) is 8.69. The van der Waals surface area contributed by atoms with E-state index in [-0.39, 0.29) is 0 Å². The smallest absolute Gasteiger partial charge is 0.260 e. The monoisotopic (exact) mass is 366 g/mol. The van der Waals surface area contributed by atoms with Crippen LogP contribution in [0.4, 0.5) is 0 Å². The fourth-order valence-corrected chi connectivity index (χ4v) is 3.04. The van der Waals surface area contributed by atoms with E-state index in [1.165, 1.54) is 0 Å². The van der Waals surface area contributed by atoms with Crippen molar-refractivity contribution in [1.29, 1.82) is 0 Å². The molecule has 1 aliphatic rings. The van der Waals surface area contributed by atoms with Crippen LogP contribution in [0.5, 0.6) is 11.5 Å². The van der Waals surface area contributed by atoms with Crippen LogP contribution in [-0.4, -0.2) is 37.5 Å². The highest BCUT2D eigenvalue weighted by Crippen LogP contribution is 2.36. The maximum atomic E-state index is 12.9. The van der Waals surface area contributed by atoms with E-state index in [4.69, 9.17) is 9.47 Å². The average Bonchev–Trinajstić information content (AvgIpc) is 2.72. The minimum Gasteiger partial charge on any atom is -0.493 e. The molecule has 2 amide bonds. The van der Waals surface area contributed by atoms with Crippen LogP contribution in [-0.2, 0) is 11.3 Å². The van der Waals surface area contributed by atoms with Crippen LogP contribution < -0.4 is 14.8 Å². The number of rotatable bonds is 5. The Morgan fingerprint density at radius 2 is 1.70 bits per heavy atom. The molecule has 1 N–H and O–H groups in total. The molecule has 0 atom stereocenters. The first-order valence-electron chi connectivity index (χ1n) is 8.69. The summed E-state index contributed by atoms with van der Waals surface area (Å²) in [6, 6.07) is 12.3. The molecule has 0 saturated carbocycles. The number of nitrogens with one attached hydrogen (secondary N) is 1. The predicted molar refractivity (Wildman–Crippen MR) is 103 cm³/mol. The molecule has 0 saturated heterocycles. The molecule has 3 rings (SSSR count). The second kappa shape index (κ2) is 7.95. The van der Waals surface area contributed by atoms with Crippen molar-refractivity contribution in [3.8, 4) is 11.5 Å². The van der Waals surface area contributed by atoms with Crippen LogP contribution in [0.15, 0.2) is 48.7 Å². The summed E-state index contributed by atoms with van der Waals surface area (Å²) >= 11 is 0. The molecule has 0 aliphatic carbocycles. The quantitative estimate of drug-likeness (QED) is 0.824. The Balaban J connectivity index is 1.95. The highest BCUT2D eigenvalue weighted by atomic mass is 16.5. The van der Waals surface area contributed by atoms with Crippen molar-refractivity contribution in [3.63, 3.8) is 0 Å². The van der Waals surface area contributed by atoms with Crippen molar-refractivity contribution < 1.29 is 19.1 Å². The summed E-state index contributed by atoms with van der Waals surface area (Å²) in [4.78, 5) is 27.2. The minimum absolute atomic E-state index is 0.420. The summed E-state index contributed by atoms with van der Waals surface area (Å²) in [7, 11) is 3.13. The summed E-state index contributed by atoms with van der Waals surface area (Å²) in [5.41, 5.74) is 2.52. The van der Waals surface area contributed by atoms with Gasteiger partial charge in [-0.1, -0.05) is 18.2 Å². The number of hydrogen-bond donors (Lipinski definition) is 1. The molecule has 0 unspecified atom stereocenters. The van der Waals surface area contributed by atoms with Gasteiger partial charge in [-0.25, -0.2) is 0 Å². The summed E-state index contributed by atoms with van der Waals surface area (Å²) in [6.07, 6.45) is 1.78. The molecule has 2 aromatic rings. The molecule has 2 aromatic carbocycles. The van der Waals surface area contributed by atoms with Crippen molar-refractivity contribution in [2.75, 3.05) is 20.8 Å². The standard InChI is InChI=1S/C21H22N2O4/c1-4-23-12-15-10-18(26-2)19(27-3)11-16(15)17(13-23)21(25)22-20(24)14-8-6-5-7-9-14/h5-11,13H,4,12H2,1-3H3,(H,22,24,25). The van der Waals surface area contributed by atoms with Crippen LogP contribution in [0.2, 0.25) is 0 Å². The van der Waals surface area contributed by atoms with Crippen molar-refractivity contribution in [2.24, 2.45) is 0 Å². The van der Waals surface area contributed by atoms with Crippen molar-refractivity contribution >= 4 is 17.4 Å². The summed E-state index contributed by atoms with van der Waals surface area (Å²) in [5.74, 6) is 0.260. The Labute approximate surface area is 158 Å². The van der Waals surface area contributed by atoms with E-state index in [1.807, 2.05) is 24.0 Å². The van der Waals surface area contributed by atoms with E-state index in [9.17, 15) is 9.59 Å². The van der Waals surface area contributed by atoms with Gasteiger partial charge in [0.15, 0.2) is 11.5 Å². The fourth-order valence-electron chi connectivity index (χ4n) is 3.04. The third-order valence-corrected chi connectivity index (χ3v) is 4.50. The second-order valence-corrected chi connectivity index (χ2v) is 6.12. The van der Waals surface area contributed by atoms with Gasteiger partial charge in [0.25, 0.3) is 11.8 Å². The highest BCUT2D eigenvalue weighted by Gasteiger charge is 2.25. The molecule has 6 heteroatoms. The molecule has 1 aliphatic heterocycles. The second-order valence-electron chi connectivity index (χ2n) is 6.12. The number of carbonyl (C=O) groups excluding carboxylic acids is 2. The van der Waals surface area contributed by atoms with Gasteiger partial charge in [0.1, 0.15) is 0 Å². The number of methoxy groups -OCH3 is 2. The van der Waals surface area contributed by atoms with Crippen molar-refractivity contribution in [2.45, 2.75) is 13.5 Å². The average molecular weight is 366 g/mol. The third-order valence-electron chi connectivity index (χ3n) is 4.50. The third kappa shape index (κ3) is 3.79. The van der Waals surface area contributed by atoms with Gasteiger partial charge in [-0.2, -0.15) is 0 Å². The number of hydrogen-bond acceptors (Lipinski definition) is 5. The Morgan fingerprint density at radius 1 is 1.04 bits per heavy atom. The van der Waals surface area contributed by atoms with Crippen LogP contribution >= 0.6 is 0 Å².